The van der Waals surface area contributed by atoms with Crippen molar-refractivity contribution in [3.05, 3.63) is 78.2 Å². The van der Waals surface area contributed by atoms with E-state index in [2.05, 4.69) is 57.8 Å². The predicted octanol–water partition coefficient (Wildman–Crippen LogP) is 3.00. The Hall–Kier alpha value is -3.05. The summed E-state index contributed by atoms with van der Waals surface area (Å²) in [5.41, 5.74) is 9.73. The minimum Gasteiger partial charge on any atom is -0.325 e. The van der Waals surface area contributed by atoms with Gasteiger partial charge in [-0.1, -0.05) is 47.7 Å². The van der Waals surface area contributed by atoms with Crippen molar-refractivity contribution in [1.82, 2.24) is 20.0 Å². The standard InChI is InChI=1S/C19H17N5/c20-11-18-19(15-8-4-10-21-12-15)24(23-22-18)13-16-7-3-6-14-5-1-2-9-17(14)16/h1-10,12H,11,13,20H2. The zero-order valence-corrected chi connectivity index (χ0v) is 13.1. The van der Waals surface area contributed by atoms with Crippen LogP contribution in [-0.2, 0) is 13.1 Å². The highest BCUT2D eigenvalue weighted by atomic mass is 15.4. The minimum absolute atomic E-state index is 0.347. The summed E-state index contributed by atoms with van der Waals surface area (Å²) in [5, 5.41) is 11.0. The van der Waals surface area contributed by atoms with Crippen LogP contribution in [0.3, 0.4) is 0 Å². The van der Waals surface area contributed by atoms with Crippen molar-refractivity contribution in [2.45, 2.75) is 13.1 Å². The first-order chi connectivity index (χ1) is 11.9. The Balaban J connectivity index is 1.82. The first-order valence-corrected chi connectivity index (χ1v) is 7.86. The highest BCUT2D eigenvalue weighted by molar-refractivity contribution is 5.85. The van der Waals surface area contributed by atoms with Crippen LogP contribution in [0.1, 0.15) is 11.3 Å². The van der Waals surface area contributed by atoms with Crippen LogP contribution < -0.4 is 5.73 Å². The van der Waals surface area contributed by atoms with E-state index in [1.807, 2.05) is 23.0 Å². The van der Waals surface area contributed by atoms with Gasteiger partial charge in [0.15, 0.2) is 0 Å². The molecule has 24 heavy (non-hydrogen) atoms. The number of pyridine rings is 1. The smallest absolute Gasteiger partial charge is 0.104 e. The lowest BCUT2D eigenvalue weighted by atomic mass is 10.0. The molecule has 5 heteroatoms. The monoisotopic (exact) mass is 315 g/mol. The Bertz CT molecular complexity index is 970. The van der Waals surface area contributed by atoms with E-state index in [1.165, 1.54) is 16.3 Å². The van der Waals surface area contributed by atoms with Crippen LogP contribution in [0.2, 0.25) is 0 Å². The van der Waals surface area contributed by atoms with E-state index in [0.29, 0.717) is 13.1 Å². The molecule has 0 saturated heterocycles. The van der Waals surface area contributed by atoms with Crippen molar-refractivity contribution in [2.75, 3.05) is 0 Å². The van der Waals surface area contributed by atoms with Gasteiger partial charge in [-0.3, -0.25) is 4.98 Å². The Morgan fingerprint density at radius 3 is 2.67 bits per heavy atom. The lowest BCUT2D eigenvalue weighted by Gasteiger charge is -2.10. The summed E-state index contributed by atoms with van der Waals surface area (Å²) >= 11 is 0. The number of rotatable bonds is 4. The van der Waals surface area contributed by atoms with Crippen LogP contribution in [0.4, 0.5) is 0 Å². The fourth-order valence-corrected chi connectivity index (χ4v) is 3.01. The van der Waals surface area contributed by atoms with Crippen LogP contribution in [0.5, 0.6) is 0 Å². The molecule has 0 radical (unpaired) electrons. The summed E-state index contributed by atoms with van der Waals surface area (Å²) in [6.07, 6.45) is 3.57. The van der Waals surface area contributed by atoms with Gasteiger partial charge in [-0.15, -0.1) is 5.10 Å². The average Bonchev–Trinajstić information content (AvgIpc) is 3.05. The Labute approximate surface area is 139 Å². The summed E-state index contributed by atoms with van der Waals surface area (Å²) in [5.74, 6) is 0. The summed E-state index contributed by atoms with van der Waals surface area (Å²) in [7, 11) is 0. The van der Waals surface area contributed by atoms with Crippen molar-refractivity contribution in [1.29, 1.82) is 0 Å². The molecule has 4 rings (SSSR count). The van der Waals surface area contributed by atoms with Crippen LogP contribution in [-0.4, -0.2) is 20.0 Å². The van der Waals surface area contributed by atoms with E-state index in [4.69, 9.17) is 5.73 Å². The molecule has 0 amide bonds. The second kappa shape index (κ2) is 6.22. The lowest BCUT2D eigenvalue weighted by molar-refractivity contribution is 0.657. The molecule has 0 aliphatic carbocycles. The predicted molar refractivity (Wildman–Crippen MR) is 94.2 cm³/mol. The first-order valence-electron chi connectivity index (χ1n) is 7.86. The van der Waals surface area contributed by atoms with Gasteiger partial charge in [0.05, 0.1) is 12.2 Å². The number of benzene rings is 2. The van der Waals surface area contributed by atoms with Gasteiger partial charge in [-0.05, 0) is 28.5 Å². The number of hydrogen-bond donors (Lipinski definition) is 1. The number of aromatic nitrogens is 4. The maximum atomic E-state index is 5.85. The molecule has 2 aromatic carbocycles. The van der Waals surface area contributed by atoms with Crippen LogP contribution in [0.25, 0.3) is 22.0 Å². The molecule has 0 fully saturated rings. The molecule has 0 atom stereocenters. The first kappa shape index (κ1) is 14.5. The Kier molecular flexibility index (Phi) is 3.76. The number of nitrogens with two attached hydrogens (primary N) is 1. The molecule has 4 aromatic rings. The maximum absolute atomic E-state index is 5.85. The van der Waals surface area contributed by atoms with Crippen molar-refractivity contribution in [3.8, 4) is 11.3 Å². The van der Waals surface area contributed by atoms with E-state index < -0.39 is 0 Å². The van der Waals surface area contributed by atoms with Gasteiger partial charge in [-0.25, -0.2) is 4.68 Å². The topological polar surface area (TPSA) is 69.6 Å². The van der Waals surface area contributed by atoms with E-state index >= 15 is 0 Å². The van der Waals surface area contributed by atoms with E-state index in [9.17, 15) is 0 Å². The van der Waals surface area contributed by atoms with Gasteiger partial charge in [0.1, 0.15) is 5.69 Å². The Morgan fingerprint density at radius 1 is 0.958 bits per heavy atom. The molecular weight excluding hydrogens is 298 g/mol. The molecule has 0 unspecified atom stereocenters. The minimum atomic E-state index is 0.347. The van der Waals surface area contributed by atoms with Crippen molar-refractivity contribution >= 4 is 10.8 Å². The zero-order chi connectivity index (χ0) is 16.4. The summed E-state index contributed by atoms with van der Waals surface area (Å²) in [6, 6.07) is 18.6. The summed E-state index contributed by atoms with van der Waals surface area (Å²) in [6.45, 7) is 0.984. The second-order valence-electron chi connectivity index (χ2n) is 5.63. The number of fused-ring (bicyclic) bond motifs is 1. The summed E-state index contributed by atoms with van der Waals surface area (Å²) in [4.78, 5) is 4.20. The fourth-order valence-electron chi connectivity index (χ4n) is 3.01. The van der Waals surface area contributed by atoms with Gasteiger partial charge in [0.2, 0.25) is 0 Å². The molecule has 2 N–H and O–H groups in total. The second-order valence-corrected chi connectivity index (χ2v) is 5.63. The third kappa shape index (κ3) is 2.55. The van der Waals surface area contributed by atoms with E-state index in [0.717, 1.165) is 17.0 Å². The quantitative estimate of drug-likeness (QED) is 0.628. The highest BCUT2D eigenvalue weighted by Gasteiger charge is 2.15. The molecule has 5 nitrogen and oxygen atoms in total. The largest absolute Gasteiger partial charge is 0.325 e. The van der Waals surface area contributed by atoms with E-state index in [-0.39, 0.29) is 0 Å². The van der Waals surface area contributed by atoms with Crippen molar-refractivity contribution in [2.24, 2.45) is 5.73 Å². The van der Waals surface area contributed by atoms with Crippen molar-refractivity contribution in [3.63, 3.8) is 0 Å². The normalized spacial score (nSPS) is 11.0. The van der Waals surface area contributed by atoms with E-state index in [1.54, 1.807) is 6.20 Å². The molecule has 2 aromatic heterocycles. The van der Waals surface area contributed by atoms with Crippen LogP contribution >= 0.6 is 0 Å². The molecule has 0 aliphatic heterocycles. The van der Waals surface area contributed by atoms with Gasteiger partial charge < -0.3 is 5.73 Å². The van der Waals surface area contributed by atoms with Crippen LogP contribution in [0, 0.1) is 0 Å². The van der Waals surface area contributed by atoms with Crippen LogP contribution in [0.15, 0.2) is 67.0 Å². The third-order valence-corrected chi connectivity index (χ3v) is 4.13. The molecule has 2 heterocycles. The third-order valence-electron chi connectivity index (χ3n) is 4.13. The zero-order valence-electron chi connectivity index (χ0n) is 13.1. The van der Waals surface area contributed by atoms with Gasteiger partial charge in [0.25, 0.3) is 0 Å². The Morgan fingerprint density at radius 2 is 1.83 bits per heavy atom. The molecule has 0 bridgehead atoms. The fraction of sp³-hybridized carbons (Fsp3) is 0.105. The SMILES string of the molecule is NCc1nnn(Cc2cccc3ccccc23)c1-c1cccnc1. The van der Waals surface area contributed by atoms with Gasteiger partial charge in [-0.2, -0.15) is 0 Å². The molecular formula is C19H17N5. The molecule has 0 saturated carbocycles. The van der Waals surface area contributed by atoms with Crippen molar-refractivity contribution < 1.29 is 0 Å². The molecule has 0 aliphatic rings. The highest BCUT2D eigenvalue weighted by Crippen LogP contribution is 2.24. The number of hydrogen-bond acceptors (Lipinski definition) is 4. The molecule has 118 valence electrons. The van der Waals surface area contributed by atoms with Gasteiger partial charge in [0, 0.05) is 24.5 Å². The molecule has 0 spiro atoms. The average molecular weight is 315 g/mol. The summed E-state index contributed by atoms with van der Waals surface area (Å²) < 4.78 is 1.90. The van der Waals surface area contributed by atoms with Gasteiger partial charge >= 0.3 is 0 Å². The maximum Gasteiger partial charge on any atom is 0.104 e. The lowest BCUT2D eigenvalue weighted by Crippen LogP contribution is -2.06. The number of nitrogens with zero attached hydrogens (tertiary/aromatic N) is 4.